The summed E-state index contributed by atoms with van der Waals surface area (Å²) in [5.41, 5.74) is 3.40. The lowest BCUT2D eigenvalue weighted by Crippen LogP contribution is -2.25. The van der Waals surface area contributed by atoms with E-state index in [4.69, 9.17) is 4.74 Å². The fourth-order valence-electron chi connectivity index (χ4n) is 3.44. The summed E-state index contributed by atoms with van der Waals surface area (Å²) in [4.78, 5) is 16.4. The largest absolute Gasteiger partial charge is 0.469 e. The first-order chi connectivity index (χ1) is 11.4. The fraction of sp³-hybridized carbons (Fsp3) is 0.500. The van der Waals surface area contributed by atoms with Crippen LogP contribution >= 0.6 is 0 Å². The summed E-state index contributed by atoms with van der Waals surface area (Å²) in [6, 6.07) is 5.89. The number of aromatic nitrogens is 3. The average molecular weight is 329 g/mol. The number of carbonyl (C=O) groups is 1. The number of aromatic amines is 1. The minimum absolute atomic E-state index is 0.259. The second kappa shape index (κ2) is 6.36. The Labute approximate surface area is 141 Å². The number of methoxy groups -OCH3 is 1. The third-order valence-electron chi connectivity index (χ3n) is 4.65. The third-order valence-corrected chi connectivity index (χ3v) is 4.65. The Balaban J connectivity index is 1.84. The smallest absolute Gasteiger partial charge is 0.308 e. The normalized spacial score (nSPS) is 23.4. The molecule has 0 unspecified atom stereocenters. The summed E-state index contributed by atoms with van der Waals surface area (Å²) in [6.07, 6.45) is 2.10. The quantitative estimate of drug-likeness (QED) is 0.839. The standard InChI is InChI=1S/C18H23N3O3/c1-11-6-14(9-15-8-12(2)20-21-15)19-16(7-11)18(23)5-4-13(10-18)17(22)24-3/h6-8,13,23H,4-5,9-10H2,1-3H3,(H,20,21)/t13-,18+/m1/s1. The van der Waals surface area contributed by atoms with Gasteiger partial charge in [-0.15, -0.1) is 0 Å². The van der Waals surface area contributed by atoms with Crippen LogP contribution in [0.3, 0.4) is 0 Å². The number of hydrogen-bond donors (Lipinski definition) is 2. The molecule has 6 heteroatoms. The highest BCUT2D eigenvalue weighted by Crippen LogP contribution is 2.42. The number of H-pyrrole nitrogens is 1. The highest BCUT2D eigenvalue weighted by molar-refractivity contribution is 5.72. The number of pyridine rings is 1. The fourth-order valence-corrected chi connectivity index (χ4v) is 3.44. The van der Waals surface area contributed by atoms with Crippen LogP contribution in [0.25, 0.3) is 0 Å². The zero-order chi connectivity index (χ0) is 17.3. The van der Waals surface area contributed by atoms with Crippen molar-refractivity contribution in [3.8, 4) is 0 Å². The zero-order valence-corrected chi connectivity index (χ0v) is 14.3. The van der Waals surface area contributed by atoms with Gasteiger partial charge in [-0.2, -0.15) is 5.10 Å². The van der Waals surface area contributed by atoms with Gasteiger partial charge in [0, 0.05) is 17.8 Å². The highest BCUT2D eigenvalue weighted by atomic mass is 16.5. The lowest BCUT2D eigenvalue weighted by Gasteiger charge is -2.23. The minimum Gasteiger partial charge on any atom is -0.469 e. The summed E-state index contributed by atoms with van der Waals surface area (Å²) in [6.45, 7) is 3.94. The van der Waals surface area contributed by atoms with Crippen LogP contribution < -0.4 is 0 Å². The van der Waals surface area contributed by atoms with E-state index in [9.17, 15) is 9.90 Å². The number of ether oxygens (including phenoxy) is 1. The molecule has 0 amide bonds. The number of rotatable bonds is 4. The number of hydrogen-bond acceptors (Lipinski definition) is 5. The van der Waals surface area contributed by atoms with Gasteiger partial charge in [0.05, 0.1) is 24.4 Å². The average Bonchev–Trinajstić information content (AvgIpc) is 3.13. The van der Waals surface area contributed by atoms with Crippen molar-refractivity contribution in [3.05, 3.63) is 46.5 Å². The SMILES string of the molecule is COC(=O)[C@@H]1CC[C@@](O)(c2cc(C)cc(Cc3cc(C)[nH]n3)n2)C1. The minimum atomic E-state index is -1.07. The first-order valence-corrected chi connectivity index (χ1v) is 8.19. The van der Waals surface area contributed by atoms with Gasteiger partial charge in [-0.05, 0) is 56.9 Å². The van der Waals surface area contributed by atoms with Gasteiger partial charge in [-0.3, -0.25) is 14.9 Å². The molecule has 128 valence electrons. The summed E-state index contributed by atoms with van der Waals surface area (Å²) < 4.78 is 4.81. The van der Waals surface area contributed by atoms with E-state index < -0.39 is 5.60 Å². The molecule has 0 aliphatic heterocycles. The molecule has 0 radical (unpaired) electrons. The van der Waals surface area contributed by atoms with Crippen LogP contribution in [-0.4, -0.2) is 33.4 Å². The van der Waals surface area contributed by atoms with Crippen LogP contribution in [0.5, 0.6) is 0 Å². The Bertz CT molecular complexity index is 756. The predicted molar refractivity (Wildman–Crippen MR) is 88.4 cm³/mol. The first kappa shape index (κ1) is 16.6. The topological polar surface area (TPSA) is 88.1 Å². The van der Waals surface area contributed by atoms with Gasteiger partial charge in [0.2, 0.25) is 0 Å². The Morgan fingerprint density at radius 1 is 1.38 bits per heavy atom. The monoisotopic (exact) mass is 329 g/mol. The molecule has 6 nitrogen and oxygen atoms in total. The van der Waals surface area contributed by atoms with Gasteiger partial charge >= 0.3 is 5.97 Å². The number of aliphatic hydroxyl groups is 1. The van der Waals surface area contributed by atoms with E-state index in [1.807, 2.05) is 32.0 Å². The molecule has 2 aromatic heterocycles. The summed E-state index contributed by atoms with van der Waals surface area (Å²) in [5, 5.41) is 18.2. The van der Waals surface area contributed by atoms with Gasteiger partial charge in [0.1, 0.15) is 5.60 Å². The third kappa shape index (κ3) is 3.33. The van der Waals surface area contributed by atoms with Crippen molar-refractivity contribution in [1.29, 1.82) is 0 Å². The van der Waals surface area contributed by atoms with E-state index in [2.05, 4.69) is 15.2 Å². The van der Waals surface area contributed by atoms with E-state index in [0.29, 0.717) is 31.4 Å². The lowest BCUT2D eigenvalue weighted by atomic mass is 9.94. The maximum absolute atomic E-state index is 11.7. The maximum Gasteiger partial charge on any atom is 0.308 e. The van der Waals surface area contributed by atoms with Gasteiger partial charge in [-0.25, -0.2) is 0 Å². The molecular formula is C18H23N3O3. The van der Waals surface area contributed by atoms with E-state index in [1.165, 1.54) is 7.11 Å². The van der Waals surface area contributed by atoms with Crippen LogP contribution in [0.2, 0.25) is 0 Å². The Morgan fingerprint density at radius 3 is 2.83 bits per heavy atom. The van der Waals surface area contributed by atoms with Crippen LogP contribution in [-0.2, 0) is 21.6 Å². The molecule has 1 aliphatic rings. The molecule has 2 heterocycles. The molecule has 1 saturated carbocycles. The molecular weight excluding hydrogens is 306 g/mol. The van der Waals surface area contributed by atoms with Crippen LogP contribution in [0.1, 0.15) is 47.6 Å². The van der Waals surface area contributed by atoms with E-state index >= 15 is 0 Å². The van der Waals surface area contributed by atoms with Crippen molar-refractivity contribution >= 4 is 5.97 Å². The van der Waals surface area contributed by atoms with Crippen molar-refractivity contribution in [2.45, 2.75) is 45.1 Å². The van der Waals surface area contributed by atoms with Gasteiger partial charge in [-0.1, -0.05) is 0 Å². The van der Waals surface area contributed by atoms with Gasteiger partial charge < -0.3 is 9.84 Å². The molecule has 0 aromatic carbocycles. The summed E-state index contributed by atoms with van der Waals surface area (Å²) >= 11 is 0. The van der Waals surface area contributed by atoms with Crippen molar-refractivity contribution < 1.29 is 14.6 Å². The predicted octanol–water partition coefficient (Wildman–Crippen LogP) is 2.17. The number of nitrogens with zero attached hydrogens (tertiary/aromatic N) is 2. The molecule has 24 heavy (non-hydrogen) atoms. The first-order valence-electron chi connectivity index (χ1n) is 8.19. The van der Waals surface area contributed by atoms with Gasteiger partial charge in [0.25, 0.3) is 0 Å². The second-order valence-corrected chi connectivity index (χ2v) is 6.73. The van der Waals surface area contributed by atoms with E-state index in [-0.39, 0.29) is 11.9 Å². The van der Waals surface area contributed by atoms with Crippen molar-refractivity contribution in [1.82, 2.24) is 15.2 Å². The van der Waals surface area contributed by atoms with Crippen molar-refractivity contribution in [3.63, 3.8) is 0 Å². The molecule has 2 atom stereocenters. The molecule has 0 bridgehead atoms. The molecule has 1 fully saturated rings. The Kier molecular flexibility index (Phi) is 4.41. The zero-order valence-electron chi connectivity index (χ0n) is 14.3. The molecule has 1 aliphatic carbocycles. The van der Waals surface area contributed by atoms with Crippen LogP contribution in [0.15, 0.2) is 18.2 Å². The number of carbonyl (C=O) groups excluding carboxylic acids is 1. The van der Waals surface area contributed by atoms with Crippen molar-refractivity contribution in [2.24, 2.45) is 5.92 Å². The number of aryl methyl sites for hydroxylation is 2. The second-order valence-electron chi connectivity index (χ2n) is 6.73. The van der Waals surface area contributed by atoms with Crippen LogP contribution in [0, 0.1) is 19.8 Å². The van der Waals surface area contributed by atoms with E-state index in [0.717, 1.165) is 22.6 Å². The Hall–Kier alpha value is -2.21. The highest BCUT2D eigenvalue weighted by Gasteiger charge is 2.43. The number of esters is 1. The Morgan fingerprint density at radius 2 is 2.17 bits per heavy atom. The molecule has 2 N–H and O–H groups in total. The molecule has 2 aromatic rings. The molecule has 3 rings (SSSR count). The maximum atomic E-state index is 11.7. The lowest BCUT2D eigenvalue weighted by molar-refractivity contribution is -0.145. The summed E-state index contributed by atoms with van der Waals surface area (Å²) in [7, 11) is 1.38. The summed E-state index contributed by atoms with van der Waals surface area (Å²) in [5.74, 6) is -0.523. The van der Waals surface area contributed by atoms with E-state index in [1.54, 1.807) is 0 Å². The molecule has 0 spiro atoms. The molecule has 0 saturated heterocycles. The van der Waals surface area contributed by atoms with Crippen LogP contribution in [0.4, 0.5) is 0 Å². The van der Waals surface area contributed by atoms with Crippen molar-refractivity contribution in [2.75, 3.05) is 7.11 Å². The van der Waals surface area contributed by atoms with Gasteiger partial charge in [0.15, 0.2) is 0 Å². The number of nitrogens with one attached hydrogen (secondary N) is 1.